The summed E-state index contributed by atoms with van der Waals surface area (Å²) in [6.07, 6.45) is 3.94. The zero-order valence-corrected chi connectivity index (χ0v) is 19.5. The van der Waals surface area contributed by atoms with Gasteiger partial charge in [0.2, 0.25) is 0 Å². The number of nitrogens with one attached hydrogen (secondary N) is 1. The van der Waals surface area contributed by atoms with Gasteiger partial charge in [0.15, 0.2) is 5.11 Å². The fraction of sp³-hybridized carbons (Fsp3) is 0.185. The second-order valence-corrected chi connectivity index (χ2v) is 8.46. The molecule has 2 atom stereocenters. The predicted octanol–water partition coefficient (Wildman–Crippen LogP) is 6.18. The van der Waals surface area contributed by atoms with E-state index in [0.717, 1.165) is 35.0 Å². The summed E-state index contributed by atoms with van der Waals surface area (Å²) < 4.78 is 8.36. The molecule has 1 aliphatic heterocycles. The number of pyridine rings is 1. The molecule has 1 saturated heterocycles. The fourth-order valence-electron chi connectivity index (χ4n) is 4.39. The van der Waals surface area contributed by atoms with E-state index in [4.69, 9.17) is 17.0 Å². The zero-order valence-electron chi connectivity index (χ0n) is 18.7. The van der Waals surface area contributed by atoms with Crippen LogP contribution in [-0.4, -0.2) is 14.7 Å². The number of para-hydroxylation sites is 1. The molecule has 0 bridgehead atoms. The Bertz CT molecular complexity index is 1250. The number of anilines is 1. The van der Waals surface area contributed by atoms with Gasteiger partial charge >= 0.3 is 0 Å². The summed E-state index contributed by atoms with van der Waals surface area (Å²) in [5.41, 5.74) is 4.28. The lowest BCUT2D eigenvalue weighted by molar-refractivity contribution is 0.479. The van der Waals surface area contributed by atoms with Crippen LogP contribution in [0.5, 0.6) is 11.5 Å². The van der Waals surface area contributed by atoms with Crippen LogP contribution in [0.3, 0.4) is 0 Å². The first-order chi connectivity index (χ1) is 16.2. The normalized spacial score (nSPS) is 17.8. The molecule has 4 aromatic rings. The van der Waals surface area contributed by atoms with Crippen LogP contribution in [0.4, 0.5) is 5.69 Å². The summed E-state index contributed by atoms with van der Waals surface area (Å²) in [6.45, 7) is 5.09. The molecule has 2 aromatic heterocycles. The average molecular weight is 455 g/mol. The quantitative estimate of drug-likeness (QED) is 0.352. The Morgan fingerprint density at radius 1 is 0.970 bits per heavy atom. The van der Waals surface area contributed by atoms with Crippen molar-refractivity contribution in [2.45, 2.75) is 32.5 Å². The van der Waals surface area contributed by atoms with Crippen molar-refractivity contribution in [3.63, 3.8) is 0 Å². The lowest BCUT2D eigenvalue weighted by Crippen LogP contribution is -2.30. The van der Waals surface area contributed by atoms with Crippen molar-refractivity contribution < 1.29 is 4.74 Å². The Morgan fingerprint density at radius 3 is 2.48 bits per heavy atom. The van der Waals surface area contributed by atoms with Crippen LogP contribution in [0.2, 0.25) is 0 Å². The molecule has 5 nitrogen and oxygen atoms in total. The Kier molecular flexibility index (Phi) is 5.84. The number of aryl methyl sites for hydroxylation is 2. The van der Waals surface area contributed by atoms with Gasteiger partial charge in [-0.25, -0.2) is 0 Å². The Hall–Kier alpha value is -3.64. The van der Waals surface area contributed by atoms with Crippen LogP contribution in [0.15, 0.2) is 91.3 Å². The monoisotopic (exact) mass is 454 g/mol. The van der Waals surface area contributed by atoms with Gasteiger partial charge < -0.3 is 19.5 Å². The molecule has 1 aliphatic rings. The standard InChI is InChI=1S/C27H26N4OS/c1-3-30-18-8-11-23(30)26-25(22-10-6-7-17-28-22)29-27(33)31(26)20-13-15-21(16-14-20)32-24-12-5-4-9-19(24)2/h4-18,25-26H,3H2,1-2H3,(H,29,33). The molecule has 3 heterocycles. The summed E-state index contributed by atoms with van der Waals surface area (Å²) in [5.74, 6) is 1.65. The van der Waals surface area contributed by atoms with Gasteiger partial charge in [0, 0.05) is 30.3 Å². The highest BCUT2D eigenvalue weighted by Crippen LogP contribution is 2.42. The number of thiocarbonyl (C=S) groups is 1. The number of aromatic nitrogens is 2. The van der Waals surface area contributed by atoms with Crippen LogP contribution in [0, 0.1) is 6.92 Å². The molecule has 0 saturated carbocycles. The maximum absolute atomic E-state index is 6.10. The van der Waals surface area contributed by atoms with Gasteiger partial charge in [0.25, 0.3) is 0 Å². The van der Waals surface area contributed by atoms with Gasteiger partial charge in [0.1, 0.15) is 17.5 Å². The van der Waals surface area contributed by atoms with Gasteiger partial charge in [-0.15, -0.1) is 0 Å². The van der Waals surface area contributed by atoms with E-state index in [0.29, 0.717) is 5.11 Å². The van der Waals surface area contributed by atoms with E-state index in [1.165, 1.54) is 5.69 Å². The minimum Gasteiger partial charge on any atom is -0.457 e. The molecule has 5 rings (SSSR count). The van der Waals surface area contributed by atoms with Crippen molar-refractivity contribution in [3.05, 3.63) is 108 Å². The molecule has 0 spiro atoms. The number of nitrogens with zero attached hydrogens (tertiary/aromatic N) is 3. The van der Waals surface area contributed by atoms with Crippen LogP contribution >= 0.6 is 12.2 Å². The van der Waals surface area contributed by atoms with E-state index in [-0.39, 0.29) is 12.1 Å². The highest BCUT2D eigenvalue weighted by Gasteiger charge is 2.41. The maximum Gasteiger partial charge on any atom is 0.174 e. The molecule has 0 amide bonds. The second kappa shape index (κ2) is 9.08. The van der Waals surface area contributed by atoms with Gasteiger partial charge in [0.05, 0.1) is 11.7 Å². The van der Waals surface area contributed by atoms with E-state index in [9.17, 15) is 0 Å². The SMILES string of the molecule is CCn1cccc1C1C(c2ccccn2)NC(=S)N1c1ccc(Oc2ccccc2C)cc1. The highest BCUT2D eigenvalue weighted by atomic mass is 32.1. The average Bonchev–Trinajstić information content (AvgIpc) is 3.45. The van der Waals surface area contributed by atoms with E-state index < -0.39 is 0 Å². The fourth-order valence-corrected chi connectivity index (χ4v) is 4.74. The van der Waals surface area contributed by atoms with Gasteiger partial charge in [-0.05, 0) is 86.2 Å². The number of ether oxygens (including phenoxy) is 1. The first kappa shape index (κ1) is 21.2. The molecule has 33 heavy (non-hydrogen) atoms. The van der Waals surface area contributed by atoms with Crippen LogP contribution in [0.1, 0.15) is 36.0 Å². The topological polar surface area (TPSA) is 42.3 Å². The van der Waals surface area contributed by atoms with Crippen LogP contribution < -0.4 is 15.0 Å². The van der Waals surface area contributed by atoms with Crippen molar-refractivity contribution in [3.8, 4) is 11.5 Å². The summed E-state index contributed by atoms with van der Waals surface area (Å²) in [7, 11) is 0. The molecule has 1 N–H and O–H groups in total. The van der Waals surface area contributed by atoms with Crippen molar-refractivity contribution in [2.75, 3.05) is 4.90 Å². The number of hydrogen-bond donors (Lipinski definition) is 1. The van der Waals surface area contributed by atoms with Gasteiger partial charge in [-0.3, -0.25) is 4.98 Å². The third-order valence-corrected chi connectivity index (χ3v) is 6.36. The van der Waals surface area contributed by atoms with Gasteiger partial charge in [-0.2, -0.15) is 0 Å². The van der Waals surface area contributed by atoms with E-state index in [2.05, 4.69) is 63.2 Å². The van der Waals surface area contributed by atoms with Crippen LogP contribution in [-0.2, 0) is 6.54 Å². The minimum absolute atomic E-state index is 0.0227. The molecule has 166 valence electrons. The Labute approximate surface area is 199 Å². The maximum atomic E-state index is 6.10. The molecular weight excluding hydrogens is 428 g/mol. The number of hydrogen-bond acceptors (Lipinski definition) is 3. The molecule has 6 heteroatoms. The summed E-state index contributed by atoms with van der Waals surface area (Å²) in [5, 5.41) is 4.21. The largest absolute Gasteiger partial charge is 0.457 e. The smallest absolute Gasteiger partial charge is 0.174 e. The lowest BCUT2D eigenvalue weighted by atomic mass is 10.0. The third kappa shape index (κ3) is 4.10. The minimum atomic E-state index is -0.0539. The highest BCUT2D eigenvalue weighted by molar-refractivity contribution is 7.80. The zero-order chi connectivity index (χ0) is 22.8. The summed E-state index contributed by atoms with van der Waals surface area (Å²) in [4.78, 5) is 6.82. The van der Waals surface area contributed by atoms with E-state index >= 15 is 0 Å². The molecule has 2 unspecified atom stereocenters. The Balaban J connectivity index is 1.50. The summed E-state index contributed by atoms with van der Waals surface area (Å²) in [6, 6.07) is 26.3. The van der Waals surface area contributed by atoms with Gasteiger partial charge in [-0.1, -0.05) is 24.3 Å². The van der Waals surface area contributed by atoms with Crippen LogP contribution in [0.25, 0.3) is 0 Å². The Morgan fingerprint density at radius 2 is 1.76 bits per heavy atom. The van der Waals surface area contributed by atoms with E-state index in [1.54, 1.807) is 0 Å². The molecule has 2 aromatic carbocycles. The molecule has 0 radical (unpaired) electrons. The summed E-state index contributed by atoms with van der Waals surface area (Å²) >= 11 is 5.83. The lowest BCUT2D eigenvalue weighted by Gasteiger charge is -2.29. The molecule has 1 fully saturated rings. The first-order valence-electron chi connectivity index (χ1n) is 11.1. The number of benzene rings is 2. The van der Waals surface area contributed by atoms with Crippen molar-refractivity contribution in [1.29, 1.82) is 0 Å². The third-order valence-electron chi connectivity index (χ3n) is 6.04. The predicted molar refractivity (Wildman–Crippen MR) is 136 cm³/mol. The molecular formula is C27H26N4OS. The van der Waals surface area contributed by atoms with Crippen molar-refractivity contribution in [2.24, 2.45) is 0 Å². The second-order valence-electron chi connectivity index (χ2n) is 8.08. The molecule has 0 aliphatic carbocycles. The first-order valence-corrected chi connectivity index (χ1v) is 11.6. The van der Waals surface area contributed by atoms with Crippen molar-refractivity contribution >= 4 is 23.0 Å². The number of rotatable bonds is 6. The van der Waals surface area contributed by atoms with E-state index in [1.807, 2.05) is 61.7 Å². The van der Waals surface area contributed by atoms with Crippen molar-refractivity contribution in [1.82, 2.24) is 14.9 Å².